The number of hydrogen-bond acceptors (Lipinski definition) is 2. The van der Waals surface area contributed by atoms with Crippen LogP contribution in [0.1, 0.15) is 12.5 Å². The predicted molar refractivity (Wildman–Crippen MR) is 79.0 cm³/mol. The Morgan fingerprint density at radius 2 is 1.95 bits per heavy atom. The van der Waals surface area contributed by atoms with Crippen molar-refractivity contribution in [2.45, 2.75) is 13.3 Å². The van der Waals surface area contributed by atoms with Crippen LogP contribution in [-0.2, 0) is 11.2 Å². The third-order valence-electron chi connectivity index (χ3n) is 3.10. The van der Waals surface area contributed by atoms with Crippen molar-refractivity contribution >= 4 is 17.3 Å². The standard InChI is InChI=1S/C16H17FN2O/c1-2-19(14-8-5-7-13(18)11-14)16(20)10-12-6-3-4-9-15(12)17/h3-9,11H,2,10,18H2,1H3. The topological polar surface area (TPSA) is 46.3 Å². The third-order valence-corrected chi connectivity index (χ3v) is 3.10. The second kappa shape index (κ2) is 6.19. The van der Waals surface area contributed by atoms with Gasteiger partial charge in [-0.2, -0.15) is 0 Å². The summed E-state index contributed by atoms with van der Waals surface area (Å²) in [5, 5.41) is 0. The van der Waals surface area contributed by atoms with Gasteiger partial charge < -0.3 is 10.6 Å². The number of nitrogens with two attached hydrogens (primary N) is 1. The van der Waals surface area contributed by atoms with Gasteiger partial charge in [-0.05, 0) is 36.8 Å². The smallest absolute Gasteiger partial charge is 0.231 e. The molecule has 0 atom stereocenters. The zero-order valence-corrected chi connectivity index (χ0v) is 11.3. The summed E-state index contributed by atoms with van der Waals surface area (Å²) in [6.07, 6.45) is 0.0370. The molecule has 0 bridgehead atoms. The molecular formula is C16H17FN2O. The number of anilines is 2. The number of halogens is 1. The molecule has 0 aliphatic rings. The van der Waals surface area contributed by atoms with Crippen LogP contribution in [0.4, 0.5) is 15.8 Å². The van der Waals surface area contributed by atoms with Gasteiger partial charge in [-0.3, -0.25) is 4.79 Å². The lowest BCUT2D eigenvalue weighted by Crippen LogP contribution is -2.32. The minimum atomic E-state index is -0.357. The normalized spacial score (nSPS) is 10.3. The van der Waals surface area contributed by atoms with Crippen LogP contribution in [0.15, 0.2) is 48.5 Å². The molecular weight excluding hydrogens is 255 g/mol. The molecule has 104 valence electrons. The monoisotopic (exact) mass is 272 g/mol. The fourth-order valence-electron chi connectivity index (χ4n) is 2.10. The van der Waals surface area contributed by atoms with Crippen LogP contribution >= 0.6 is 0 Å². The maximum Gasteiger partial charge on any atom is 0.231 e. The Morgan fingerprint density at radius 3 is 2.60 bits per heavy atom. The zero-order valence-electron chi connectivity index (χ0n) is 11.3. The molecule has 1 amide bonds. The number of nitrogens with zero attached hydrogens (tertiary/aromatic N) is 1. The van der Waals surface area contributed by atoms with Crippen molar-refractivity contribution in [1.29, 1.82) is 0 Å². The molecule has 0 aromatic heterocycles. The fourth-order valence-corrected chi connectivity index (χ4v) is 2.10. The van der Waals surface area contributed by atoms with Crippen LogP contribution in [0.2, 0.25) is 0 Å². The molecule has 2 N–H and O–H groups in total. The molecule has 0 unspecified atom stereocenters. The highest BCUT2D eigenvalue weighted by atomic mass is 19.1. The first-order valence-electron chi connectivity index (χ1n) is 6.51. The van der Waals surface area contributed by atoms with Gasteiger partial charge >= 0.3 is 0 Å². The van der Waals surface area contributed by atoms with E-state index in [0.717, 1.165) is 5.69 Å². The molecule has 2 aromatic rings. The summed E-state index contributed by atoms with van der Waals surface area (Å²) in [5.74, 6) is -0.507. The second-order valence-electron chi connectivity index (χ2n) is 4.50. The molecule has 4 heteroatoms. The summed E-state index contributed by atoms with van der Waals surface area (Å²) >= 11 is 0. The van der Waals surface area contributed by atoms with Crippen LogP contribution in [0.3, 0.4) is 0 Å². The summed E-state index contributed by atoms with van der Waals surface area (Å²) in [6, 6.07) is 13.4. The van der Waals surface area contributed by atoms with E-state index in [4.69, 9.17) is 5.73 Å². The number of nitrogen functional groups attached to an aromatic ring is 1. The van der Waals surface area contributed by atoms with Gasteiger partial charge in [0.05, 0.1) is 6.42 Å². The largest absolute Gasteiger partial charge is 0.399 e. The Kier molecular flexibility index (Phi) is 4.35. The van der Waals surface area contributed by atoms with Crippen LogP contribution in [0.5, 0.6) is 0 Å². The highest BCUT2D eigenvalue weighted by Crippen LogP contribution is 2.19. The number of carbonyl (C=O) groups is 1. The zero-order chi connectivity index (χ0) is 14.5. The lowest BCUT2D eigenvalue weighted by Gasteiger charge is -2.21. The Bertz CT molecular complexity index is 613. The first kappa shape index (κ1) is 14.1. The minimum Gasteiger partial charge on any atom is -0.399 e. The van der Waals surface area contributed by atoms with E-state index in [2.05, 4.69) is 0 Å². The number of likely N-dealkylation sites (N-methyl/N-ethyl adjacent to an activating group) is 1. The molecule has 0 aliphatic heterocycles. The molecule has 0 heterocycles. The van der Waals surface area contributed by atoms with E-state index in [0.29, 0.717) is 17.8 Å². The van der Waals surface area contributed by atoms with Gasteiger partial charge in [0.15, 0.2) is 0 Å². The predicted octanol–water partition coefficient (Wildman–Crippen LogP) is 3.00. The maximum atomic E-state index is 13.6. The van der Waals surface area contributed by atoms with Gasteiger partial charge in [-0.15, -0.1) is 0 Å². The van der Waals surface area contributed by atoms with E-state index in [1.54, 1.807) is 41.3 Å². The van der Waals surface area contributed by atoms with Crippen molar-refractivity contribution in [3.8, 4) is 0 Å². The molecule has 2 rings (SSSR count). The van der Waals surface area contributed by atoms with Crippen LogP contribution in [0, 0.1) is 5.82 Å². The summed E-state index contributed by atoms with van der Waals surface area (Å²) in [4.78, 5) is 13.9. The van der Waals surface area contributed by atoms with Crippen LogP contribution < -0.4 is 10.6 Å². The molecule has 2 aromatic carbocycles. The highest BCUT2D eigenvalue weighted by molar-refractivity contribution is 5.95. The molecule has 0 saturated carbocycles. The van der Waals surface area contributed by atoms with Crippen molar-refractivity contribution in [2.24, 2.45) is 0 Å². The number of carbonyl (C=O) groups excluding carboxylic acids is 1. The molecule has 3 nitrogen and oxygen atoms in total. The van der Waals surface area contributed by atoms with Crippen molar-refractivity contribution in [2.75, 3.05) is 17.2 Å². The lowest BCUT2D eigenvalue weighted by molar-refractivity contribution is -0.118. The molecule has 0 radical (unpaired) electrons. The summed E-state index contributed by atoms with van der Waals surface area (Å²) in [6.45, 7) is 2.39. The quantitative estimate of drug-likeness (QED) is 0.870. The number of amides is 1. The first-order valence-corrected chi connectivity index (χ1v) is 6.51. The van der Waals surface area contributed by atoms with Crippen molar-refractivity contribution < 1.29 is 9.18 Å². The van der Waals surface area contributed by atoms with Crippen molar-refractivity contribution in [3.63, 3.8) is 0 Å². The van der Waals surface area contributed by atoms with Gasteiger partial charge in [0.25, 0.3) is 0 Å². The van der Waals surface area contributed by atoms with Gasteiger partial charge in [0, 0.05) is 17.9 Å². The SMILES string of the molecule is CCN(C(=O)Cc1ccccc1F)c1cccc(N)c1. The fraction of sp³-hybridized carbons (Fsp3) is 0.188. The lowest BCUT2D eigenvalue weighted by atomic mass is 10.1. The van der Waals surface area contributed by atoms with Crippen molar-refractivity contribution in [3.05, 3.63) is 59.9 Å². The molecule has 20 heavy (non-hydrogen) atoms. The summed E-state index contributed by atoms with van der Waals surface area (Å²) in [7, 11) is 0. The van der Waals surface area contributed by atoms with Crippen molar-refractivity contribution in [1.82, 2.24) is 0 Å². The molecule has 0 saturated heterocycles. The van der Waals surface area contributed by atoms with E-state index in [9.17, 15) is 9.18 Å². The average molecular weight is 272 g/mol. The van der Waals surface area contributed by atoms with E-state index in [-0.39, 0.29) is 18.1 Å². The van der Waals surface area contributed by atoms with E-state index in [1.165, 1.54) is 6.07 Å². The summed E-state index contributed by atoms with van der Waals surface area (Å²) < 4.78 is 13.6. The second-order valence-corrected chi connectivity index (χ2v) is 4.50. The Hall–Kier alpha value is -2.36. The van der Waals surface area contributed by atoms with Gasteiger partial charge in [0.1, 0.15) is 5.82 Å². The Labute approximate surface area is 117 Å². The van der Waals surface area contributed by atoms with Gasteiger partial charge in [-0.25, -0.2) is 4.39 Å². The van der Waals surface area contributed by atoms with E-state index < -0.39 is 0 Å². The van der Waals surface area contributed by atoms with Gasteiger partial charge in [-0.1, -0.05) is 24.3 Å². The molecule has 0 spiro atoms. The van der Waals surface area contributed by atoms with Crippen LogP contribution in [0.25, 0.3) is 0 Å². The number of hydrogen-bond donors (Lipinski definition) is 1. The van der Waals surface area contributed by atoms with Gasteiger partial charge in [0.2, 0.25) is 5.91 Å². The Morgan fingerprint density at radius 1 is 1.20 bits per heavy atom. The third kappa shape index (κ3) is 3.15. The first-order chi connectivity index (χ1) is 9.61. The number of benzene rings is 2. The summed E-state index contributed by atoms with van der Waals surface area (Å²) in [5.41, 5.74) is 7.46. The number of rotatable bonds is 4. The highest BCUT2D eigenvalue weighted by Gasteiger charge is 2.16. The Balaban J connectivity index is 2.20. The minimum absolute atomic E-state index is 0.0370. The van der Waals surface area contributed by atoms with E-state index >= 15 is 0 Å². The average Bonchev–Trinajstić information content (AvgIpc) is 2.42. The maximum absolute atomic E-state index is 13.6. The molecule has 0 fully saturated rings. The van der Waals surface area contributed by atoms with E-state index in [1.807, 2.05) is 13.0 Å². The molecule has 0 aliphatic carbocycles. The van der Waals surface area contributed by atoms with Crippen LogP contribution in [-0.4, -0.2) is 12.5 Å².